The maximum absolute atomic E-state index is 11.9. The molecule has 3 amide bonds. The molecular weight excluding hydrogens is 281 g/mol. The first-order chi connectivity index (χ1) is 9.11. The minimum Gasteiger partial charge on any atom is -0.481 e. The van der Waals surface area contributed by atoms with Crippen molar-refractivity contribution >= 4 is 17.9 Å². The third kappa shape index (κ3) is 10.2. The van der Waals surface area contributed by atoms with E-state index < -0.39 is 37.0 Å². The Morgan fingerprint density at radius 1 is 1.15 bits per heavy atom. The third-order valence-corrected chi connectivity index (χ3v) is 2.37. The average molecular weight is 298 g/mol. The predicted octanol–water partition coefficient (Wildman–Crippen LogP) is 1.75. The highest BCUT2D eigenvalue weighted by atomic mass is 19.4. The molecule has 116 valence electrons. The Hall–Kier alpha value is -1.80. The zero-order valence-electron chi connectivity index (χ0n) is 11.0. The van der Waals surface area contributed by atoms with Crippen molar-refractivity contribution in [2.75, 3.05) is 13.6 Å². The van der Waals surface area contributed by atoms with E-state index in [0.29, 0.717) is 6.42 Å². The highest BCUT2D eigenvalue weighted by Crippen LogP contribution is 2.19. The van der Waals surface area contributed by atoms with E-state index in [1.165, 1.54) is 0 Å². The van der Waals surface area contributed by atoms with Crippen molar-refractivity contribution in [2.45, 2.75) is 38.3 Å². The van der Waals surface area contributed by atoms with E-state index in [9.17, 15) is 27.6 Å². The summed E-state index contributed by atoms with van der Waals surface area (Å²) in [5, 5.41) is 10.3. The lowest BCUT2D eigenvalue weighted by atomic mass is 10.2. The summed E-state index contributed by atoms with van der Waals surface area (Å²) in [7, 11) is 1.15. The average Bonchev–Trinajstić information content (AvgIpc) is 2.30. The lowest BCUT2D eigenvalue weighted by Crippen LogP contribution is -2.41. The van der Waals surface area contributed by atoms with Crippen LogP contribution in [-0.4, -0.2) is 47.7 Å². The van der Waals surface area contributed by atoms with Crippen molar-refractivity contribution in [3.05, 3.63) is 0 Å². The van der Waals surface area contributed by atoms with E-state index >= 15 is 0 Å². The monoisotopic (exact) mass is 298 g/mol. The normalized spacial score (nSPS) is 11.0. The van der Waals surface area contributed by atoms with Gasteiger partial charge in [0, 0.05) is 26.4 Å². The van der Waals surface area contributed by atoms with Crippen LogP contribution in [0.4, 0.5) is 18.0 Å². The Balaban J connectivity index is 3.88. The number of alkyl halides is 3. The number of carboxylic acids is 1. The van der Waals surface area contributed by atoms with Gasteiger partial charge in [-0.1, -0.05) is 0 Å². The molecule has 20 heavy (non-hydrogen) atoms. The second kappa shape index (κ2) is 8.39. The molecular formula is C11H17F3N2O4. The van der Waals surface area contributed by atoms with Gasteiger partial charge in [-0.3, -0.25) is 14.9 Å². The van der Waals surface area contributed by atoms with Crippen LogP contribution in [0.25, 0.3) is 0 Å². The lowest BCUT2D eigenvalue weighted by Gasteiger charge is -2.18. The third-order valence-electron chi connectivity index (χ3n) is 2.37. The number of aliphatic carboxylic acids is 1. The number of amides is 3. The standard InChI is InChI=1S/C11H17F3N2O4/c1-16(7-6-11(12,13)14)10(20)15-8(17)4-2-3-5-9(18)19/h2-7H2,1H3,(H,18,19)(H,15,17,20). The van der Waals surface area contributed by atoms with Crippen LogP contribution < -0.4 is 5.32 Å². The molecule has 0 aliphatic rings. The number of halogens is 3. The Morgan fingerprint density at radius 3 is 2.20 bits per heavy atom. The van der Waals surface area contributed by atoms with Gasteiger partial charge in [-0.05, 0) is 12.8 Å². The second-order valence-electron chi connectivity index (χ2n) is 4.24. The van der Waals surface area contributed by atoms with E-state index in [2.05, 4.69) is 0 Å². The van der Waals surface area contributed by atoms with Gasteiger partial charge >= 0.3 is 18.2 Å². The topological polar surface area (TPSA) is 86.7 Å². The Morgan fingerprint density at radius 2 is 1.70 bits per heavy atom. The van der Waals surface area contributed by atoms with Crippen molar-refractivity contribution in [3.8, 4) is 0 Å². The largest absolute Gasteiger partial charge is 0.481 e. The molecule has 6 nitrogen and oxygen atoms in total. The van der Waals surface area contributed by atoms with Gasteiger partial charge in [0.05, 0.1) is 6.42 Å². The molecule has 0 saturated heterocycles. The first-order valence-corrected chi connectivity index (χ1v) is 5.95. The molecule has 0 fully saturated rings. The summed E-state index contributed by atoms with van der Waals surface area (Å²) in [5.41, 5.74) is 0. The SMILES string of the molecule is CN(CCC(F)(F)F)C(=O)NC(=O)CCCCC(=O)O. The summed E-state index contributed by atoms with van der Waals surface area (Å²) < 4.78 is 35.8. The Bertz CT molecular complexity index is 358. The number of nitrogens with one attached hydrogen (secondary N) is 1. The fourth-order valence-corrected chi connectivity index (χ4v) is 1.24. The zero-order valence-corrected chi connectivity index (χ0v) is 11.0. The summed E-state index contributed by atoms with van der Waals surface area (Å²) in [6, 6.07) is -0.905. The van der Waals surface area contributed by atoms with Crippen LogP contribution in [0.1, 0.15) is 32.1 Å². The molecule has 0 saturated carbocycles. The molecule has 0 aromatic heterocycles. The molecule has 2 N–H and O–H groups in total. The summed E-state index contributed by atoms with van der Waals surface area (Å²) in [6.07, 6.45) is -5.06. The van der Waals surface area contributed by atoms with E-state index in [0.717, 1.165) is 11.9 Å². The molecule has 0 bridgehead atoms. The summed E-state index contributed by atoms with van der Waals surface area (Å²) >= 11 is 0. The van der Waals surface area contributed by atoms with Crippen LogP contribution in [0, 0.1) is 0 Å². The van der Waals surface area contributed by atoms with Crippen LogP contribution in [-0.2, 0) is 9.59 Å². The number of rotatable bonds is 7. The molecule has 0 atom stereocenters. The van der Waals surface area contributed by atoms with Crippen molar-refractivity contribution < 1.29 is 32.7 Å². The van der Waals surface area contributed by atoms with E-state index in [-0.39, 0.29) is 19.3 Å². The van der Waals surface area contributed by atoms with Gasteiger partial charge in [-0.25, -0.2) is 4.79 Å². The van der Waals surface area contributed by atoms with Gasteiger partial charge < -0.3 is 10.0 Å². The molecule has 0 aliphatic carbocycles. The number of imide groups is 1. The fraction of sp³-hybridized carbons (Fsp3) is 0.727. The highest BCUT2D eigenvalue weighted by Gasteiger charge is 2.28. The first-order valence-electron chi connectivity index (χ1n) is 5.95. The number of urea groups is 1. The number of hydrogen-bond donors (Lipinski definition) is 2. The summed E-state index contributed by atoms with van der Waals surface area (Å²) in [6.45, 7) is -0.540. The van der Waals surface area contributed by atoms with Gasteiger partial charge in [0.15, 0.2) is 0 Å². The summed E-state index contributed by atoms with van der Waals surface area (Å²) in [4.78, 5) is 33.6. The molecule has 0 aromatic carbocycles. The predicted molar refractivity (Wildman–Crippen MR) is 62.9 cm³/mol. The van der Waals surface area contributed by atoms with Gasteiger partial charge in [0.1, 0.15) is 0 Å². The number of hydrogen-bond acceptors (Lipinski definition) is 3. The number of carbonyl (C=O) groups excluding carboxylic acids is 2. The van der Waals surface area contributed by atoms with Crippen molar-refractivity contribution in [1.82, 2.24) is 10.2 Å². The van der Waals surface area contributed by atoms with Crippen molar-refractivity contribution in [1.29, 1.82) is 0 Å². The van der Waals surface area contributed by atoms with Crippen LogP contribution >= 0.6 is 0 Å². The minimum atomic E-state index is -4.37. The Labute approximate surface area is 113 Å². The maximum atomic E-state index is 11.9. The van der Waals surface area contributed by atoms with Gasteiger partial charge in [0.25, 0.3) is 0 Å². The maximum Gasteiger partial charge on any atom is 0.390 e. The highest BCUT2D eigenvalue weighted by molar-refractivity contribution is 5.94. The molecule has 0 rings (SSSR count). The van der Waals surface area contributed by atoms with Crippen LogP contribution in [0.2, 0.25) is 0 Å². The van der Waals surface area contributed by atoms with Crippen LogP contribution in [0.15, 0.2) is 0 Å². The first kappa shape index (κ1) is 18.2. The van der Waals surface area contributed by atoms with Crippen molar-refractivity contribution in [3.63, 3.8) is 0 Å². The zero-order chi connectivity index (χ0) is 15.8. The van der Waals surface area contributed by atoms with E-state index in [1.54, 1.807) is 0 Å². The van der Waals surface area contributed by atoms with Gasteiger partial charge in [-0.2, -0.15) is 13.2 Å². The molecule has 0 unspecified atom stereocenters. The second-order valence-corrected chi connectivity index (χ2v) is 4.24. The van der Waals surface area contributed by atoms with Crippen molar-refractivity contribution in [2.24, 2.45) is 0 Å². The molecule has 0 heterocycles. The summed E-state index contributed by atoms with van der Waals surface area (Å²) in [5.74, 6) is -1.62. The number of carbonyl (C=O) groups is 3. The lowest BCUT2D eigenvalue weighted by molar-refractivity contribution is -0.138. The number of nitrogens with zero attached hydrogens (tertiary/aromatic N) is 1. The number of carboxylic acid groups (broad SMARTS) is 1. The number of unbranched alkanes of at least 4 members (excludes halogenated alkanes) is 1. The minimum absolute atomic E-state index is 0.0495. The molecule has 0 radical (unpaired) electrons. The molecule has 0 aromatic rings. The molecule has 9 heteroatoms. The van der Waals surface area contributed by atoms with Crippen LogP contribution in [0.3, 0.4) is 0 Å². The Kier molecular flexibility index (Phi) is 7.63. The fourth-order valence-electron chi connectivity index (χ4n) is 1.24. The van der Waals surface area contributed by atoms with E-state index in [4.69, 9.17) is 5.11 Å². The molecule has 0 aliphatic heterocycles. The van der Waals surface area contributed by atoms with Crippen LogP contribution in [0.5, 0.6) is 0 Å². The smallest absolute Gasteiger partial charge is 0.390 e. The quantitative estimate of drug-likeness (QED) is 0.701. The van der Waals surface area contributed by atoms with Gasteiger partial charge in [0.2, 0.25) is 5.91 Å². The van der Waals surface area contributed by atoms with Gasteiger partial charge in [-0.15, -0.1) is 0 Å². The van der Waals surface area contributed by atoms with E-state index in [1.807, 2.05) is 5.32 Å². The molecule has 0 spiro atoms.